The average molecular weight is 792 g/mol. The molecule has 4 aromatic rings. The zero-order chi connectivity index (χ0) is 41.2. The highest BCUT2D eigenvalue weighted by atomic mass is 16.6. The van der Waals surface area contributed by atoms with Crippen LogP contribution in [0.4, 0.5) is 10.5 Å². The molecule has 2 fully saturated rings. The number of piperidine rings is 1. The van der Waals surface area contributed by atoms with Crippen molar-refractivity contribution in [1.29, 1.82) is 0 Å². The van der Waals surface area contributed by atoms with Gasteiger partial charge in [0, 0.05) is 60.9 Å². The Kier molecular flexibility index (Phi) is 13.9. The summed E-state index contributed by atoms with van der Waals surface area (Å²) < 4.78 is 5.37. The molecule has 4 amide bonds. The van der Waals surface area contributed by atoms with Crippen LogP contribution in [-0.2, 0) is 20.7 Å². The van der Waals surface area contributed by atoms with E-state index < -0.39 is 17.7 Å². The minimum Gasteiger partial charge on any atom is -0.444 e. The number of carbonyl (C=O) groups excluding carboxylic acids is 4. The zero-order valence-corrected chi connectivity index (χ0v) is 34.2. The minimum absolute atomic E-state index is 0.0842. The van der Waals surface area contributed by atoms with Gasteiger partial charge >= 0.3 is 6.09 Å². The van der Waals surface area contributed by atoms with E-state index in [0.29, 0.717) is 42.5 Å². The number of nitrogens with one attached hydrogen (secondary N) is 5. The molecule has 1 saturated heterocycles. The number of benzene rings is 3. The maximum atomic E-state index is 14.0. The SMILES string of the molecule is CC(C)N1CCC(NC(=O)c2cccc(-c3cccc(C[C@H](NC(=O)C4CCC(CNC(=O)OC(C)(C)C)CC4)C(=O)Nc4ccc(-c5nn[nH]n5)cc4)c3)c2)CC1. The molecule has 1 aliphatic heterocycles. The van der Waals surface area contributed by atoms with E-state index in [4.69, 9.17) is 4.74 Å². The van der Waals surface area contributed by atoms with Crippen LogP contribution in [-0.4, -0.2) is 92.7 Å². The number of aromatic amines is 1. The Labute approximate surface area is 340 Å². The molecule has 0 radical (unpaired) electrons. The van der Waals surface area contributed by atoms with Gasteiger partial charge in [-0.2, -0.15) is 5.21 Å². The first-order valence-corrected chi connectivity index (χ1v) is 20.5. The summed E-state index contributed by atoms with van der Waals surface area (Å²) in [6.45, 7) is 12.3. The van der Waals surface area contributed by atoms with Crippen molar-refractivity contribution in [2.24, 2.45) is 11.8 Å². The molecule has 308 valence electrons. The third kappa shape index (κ3) is 11.9. The number of H-pyrrole nitrogens is 1. The molecule has 6 rings (SSSR count). The van der Waals surface area contributed by atoms with Crippen LogP contribution in [0.25, 0.3) is 22.5 Å². The van der Waals surface area contributed by atoms with Crippen molar-refractivity contribution in [3.63, 3.8) is 0 Å². The summed E-state index contributed by atoms with van der Waals surface area (Å²) >= 11 is 0. The van der Waals surface area contributed by atoms with E-state index in [0.717, 1.165) is 61.0 Å². The fourth-order valence-electron chi connectivity index (χ4n) is 7.67. The summed E-state index contributed by atoms with van der Waals surface area (Å²) in [6.07, 6.45) is 4.50. The summed E-state index contributed by atoms with van der Waals surface area (Å²) in [7, 11) is 0. The lowest BCUT2D eigenvalue weighted by atomic mass is 9.81. The van der Waals surface area contributed by atoms with Crippen molar-refractivity contribution in [3.8, 4) is 22.5 Å². The number of alkyl carbamates (subject to hydrolysis) is 1. The quantitative estimate of drug-likeness (QED) is 0.106. The van der Waals surface area contributed by atoms with Crippen LogP contribution in [0.2, 0.25) is 0 Å². The Bertz CT molecular complexity index is 2000. The second-order valence-electron chi connectivity index (χ2n) is 16.8. The van der Waals surface area contributed by atoms with Gasteiger partial charge in [-0.1, -0.05) is 36.4 Å². The highest BCUT2D eigenvalue weighted by Gasteiger charge is 2.31. The van der Waals surface area contributed by atoms with E-state index in [9.17, 15) is 19.2 Å². The fraction of sp³-hybridized carbons (Fsp3) is 0.477. The fourth-order valence-corrected chi connectivity index (χ4v) is 7.67. The second-order valence-corrected chi connectivity index (χ2v) is 16.8. The van der Waals surface area contributed by atoms with Crippen LogP contribution in [0.15, 0.2) is 72.8 Å². The lowest BCUT2D eigenvalue weighted by molar-refractivity contribution is -0.130. The Balaban J connectivity index is 1.12. The largest absolute Gasteiger partial charge is 0.444 e. The van der Waals surface area contributed by atoms with E-state index in [2.05, 4.69) is 60.6 Å². The first kappa shape index (κ1) is 42.0. The lowest BCUT2D eigenvalue weighted by Crippen LogP contribution is -2.48. The molecular formula is C44H57N9O5. The predicted octanol–water partition coefficient (Wildman–Crippen LogP) is 6.13. The topological polar surface area (TPSA) is 183 Å². The molecule has 2 aliphatic rings. The minimum atomic E-state index is -0.870. The van der Waals surface area contributed by atoms with E-state index in [1.54, 1.807) is 24.3 Å². The summed E-state index contributed by atoms with van der Waals surface area (Å²) in [5.74, 6) is -0.187. The maximum absolute atomic E-state index is 14.0. The van der Waals surface area contributed by atoms with Crippen LogP contribution in [0.5, 0.6) is 0 Å². The molecule has 1 atom stereocenters. The Morgan fingerprint density at radius 1 is 0.862 bits per heavy atom. The molecule has 0 unspecified atom stereocenters. The van der Waals surface area contributed by atoms with E-state index >= 15 is 0 Å². The monoisotopic (exact) mass is 791 g/mol. The predicted molar refractivity (Wildman–Crippen MR) is 223 cm³/mol. The second kappa shape index (κ2) is 19.2. The van der Waals surface area contributed by atoms with Crippen LogP contribution >= 0.6 is 0 Å². The molecule has 3 aromatic carbocycles. The van der Waals surface area contributed by atoms with Gasteiger partial charge in [-0.05, 0) is 137 Å². The molecule has 0 bridgehead atoms. The van der Waals surface area contributed by atoms with Crippen LogP contribution in [0, 0.1) is 11.8 Å². The Morgan fingerprint density at radius 2 is 1.55 bits per heavy atom. The van der Waals surface area contributed by atoms with E-state index in [1.165, 1.54) is 0 Å². The molecule has 2 heterocycles. The zero-order valence-electron chi connectivity index (χ0n) is 34.2. The number of aromatic nitrogens is 4. The number of likely N-dealkylation sites (tertiary alicyclic amines) is 1. The maximum Gasteiger partial charge on any atom is 0.407 e. The number of ether oxygens (including phenoxy) is 1. The summed E-state index contributed by atoms with van der Waals surface area (Å²) in [6, 6.07) is 22.3. The highest BCUT2D eigenvalue weighted by molar-refractivity contribution is 5.98. The molecule has 14 nitrogen and oxygen atoms in total. The van der Waals surface area contributed by atoms with E-state index in [1.807, 2.05) is 69.3 Å². The normalized spacial score (nSPS) is 18.2. The van der Waals surface area contributed by atoms with Crippen molar-refractivity contribution in [2.75, 3.05) is 25.0 Å². The smallest absolute Gasteiger partial charge is 0.407 e. The van der Waals surface area contributed by atoms with Crippen molar-refractivity contribution in [2.45, 2.75) is 103 Å². The van der Waals surface area contributed by atoms with Crippen molar-refractivity contribution < 1.29 is 23.9 Å². The van der Waals surface area contributed by atoms with Gasteiger partial charge in [0.2, 0.25) is 17.6 Å². The molecule has 1 saturated carbocycles. The Hall–Kier alpha value is -5.63. The summed E-state index contributed by atoms with van der Waals surface area (Å²) in [5.41, 5.74) is 3.96. The van der Waals surface area contributed by atoms with Gasteiger partial charge in [-0.15, -0.1) is 10.2 Å². The van der Waals surface area contributed by atoms with Gasteiger partial charge in [-0.3, -0.25) is 14.4 Å². The molecule has 5 N–H and O–H groups in total. The van der Waals surface area contributed by atoms with Crippen LogP contribution < -0.4 is 21.3 Å². The highest BCUT2D eigenvalue weighted by Crippen LogP contribution is 2.29. The number of tetrazole rings is 1. The number of hydrogen-bond donors (Lipinski definition) is 5. The molecule has 0 spiro atoms. The van der Waals surface area contributed by atoms with E-state index in [-0.39, 0.29) is 42.0 Å². The Morgan fingerprint density at radius 3 is 2.21 bits per heavy atom. The lowest BCUT2D eigenvalue weighted by Gasteiger charge is -2.34. The van der Waals surface area contributed by atoms with Gasteiger partial charge in [0.1, 0.15) is 11.6 Å². The number of rotatable bonds is 13. The number of nitrogens with zero attached hydrogens (tertiary/aromatic N) is 4. The van der Waals surface area contributed by atoms with Crippen LogP contribution in [0.3, 0.4) is 0 Å². The molecule has 1 aliphatic carbocycles. The molecule has 58 heavy (non-hydrogen) atoms. The third-order valence-electron chi connectivity index (χ3n) is 11.0. The third-order valence-corrected chi connectivity index (χ3v) is 11.0. The number of carbonyl (C=O) groups is 4. The standard InChI is InChI=1S/C44H57N9O5/c1-28(2)53-22-20-37(21-23-53)46-41(55)35-11-7-10-34(26-35)33-9-6-8-30(24-33)25-38(42(56)47-36-18-16-31(17-19-36)39-49-51-52-50-39)48-40(54)32-14-12-29(13-15-32)27-45-43(57)58-44(3,4)5/h6-11,16-19,24,26,28-29,32,37-38H,12-15,20-23,25,27H2,1-5H3,(H,45,57)(H,46,55)(H,47,56)(H,48,54)(H,49,50,51,52)/t29?,32?,38-/m0/s1. The van der Waals surface area contributed by atoms with Crippen molar-refractivity contribution in [3.05, 3.63) is 83.9 Å². The van der Waals surface area contributed by atoms with Gasteiger partial charge in [0.05, 0.1) is 0 Å². The molecular weight excluding hydrogens is 735 g/mol. The molecule has 1 aromatic heterocycles. The van der Waals surface area contributed by atoms with Gasteiger partial charge in [0.15, 0.2) is 0 Å². The van der Waals surface area contributed by atoms with Crippen LogP contribution in [0.1, 0.15) is 89.1 Å². The number of anilines is 1. The van der Waals surface area contributed by atoms with Gasteiger partial charge < -0.3 is 30.9 Å². The average Bonchev–Trinajstić information content (AvgIpc) is 3.75. The van der Waals surface area contributed by atoms with Crippen molar-refractivity contribution >= 4 is 29.5 Å². The first-order valence-electron chi connectivity index (χ1n) is 20.5. The van der Waals surface area contributed by atoms with Gasteiger partial charge in [-0.25, -0.2) is 4.79 Å². The number of amides is 4. The number of hydrogen-bond acceptors (Lipinski definition) is 9. The molecule has 14 heteroatoms. The summed E-state index contributed by atoms with van der Waals surface area (Å²) in [5, 5.41) is 26.2. The summed E-state index contributed by atoms with van der Waals surface area (Å²) in [4.78, 5) is 55.7. The van der Waals surface area contributed by atoms with Gasteiger partial charge in [0.25, 0.3) is 5.91 Å². The van der Waals surface area contributed by atoms with Crippen molar-refractivity contribution in [1.82, 2.24) is 41.5 Å². The first-order chi connectivity index (χ1) is 27.8.